The Hall–Kier alpha value is -1.53. The molecule has 0 aromatic heterocycles. The molecule has 0 atom stereocenters. The third-order valence-corrected chi connectivity index (χ3v) is 5.33. The van der Waals surface area contributed by atoms with E-state index >= 15 is 0 Å². The van der Waals surface area contributed by atoms with Crippen molar-refractivity contribution in [1.29, 1.82) is 0 Å². The van der Waals surface area contributed by atoms with E-state index in [9.17, 15) is 0 Å². The van der Waals surface area contributed by atoms with Gasteiger partial charge in [0.05, 0.1) is 23.4 Å². The van der Waals surface area contributed by atoms with E-state index in [1.807, 2.05) is 0 Å². The highest BCUT2D eigenvalue weighted by atomic mass is 32.1. The van der Waals surface area contributed by atoms with Crippen molar-refractivity contribution in [2.24, 2.45) is 9.98 Å². The maximum absolute atomic E-state index is 5.55. The maximum atomic E-state index is 5.55. The maximum Gasteiger partial charge on any atom is 0.170 e. The Kier molecular flexibility index (Phi) is 11.6. The van der Waals surface area contributed by atoms with Crippen LogP contribution in [0.25, 0.3) is 0 Å². The van der Waals surface area contributed by atoms with Crippen molar-refractivity contribution in [3.8, 4) is 0 Å². The minimum absolute atomic E-state index is 0.0586. The molecule has 31 heavy (non-hydrogen) atoms. The summed E-state index contributed by atoms with van der Waals surface area (Å²) in [6.45, 7) is 17.7. The third kappa shape index (κ3) is 11.1. The highest BCUT2D eigenvalue weighted by molar-refractivity contribution is 7.80. The van der Waals surface area contributed by atoms with Crippen LogP contribution in [0.5, 0.6) is 0 Å². The molecular formula is C23H35N5S3. The van der Waals surface area contributed by atoms with Crippen molar-refractivity contribution in [2.75, 3.05) is 44.6 Å². The van der Waals surface area contributed by atoms with Crippen LogP contribution in [0.4, 0.5) is 5.69 Å². The van der Waals surface area contributed by atoms with Gasteiger partial charge in [0.25, 0.3) is 0 Å². The zero-order chi connectivity index (χ0) is 23.5. The first kappa shape index (κ1) is 27.5. The summed E-state index contributed by atoms with van der Waals surface area (Å²) < 4.78 is 0. The smallest absolute Gasteiger partial charge is 0.170 e. The predicted molar refractivity (Wildman–Crippen MR) is 144 cm³/mol. The van der Waals surface area contributed by atoms with Gasteiger partial charge in [0, 0.05) is 31.9 Å². The Labute approximate surface area is 203 Å². The van der Waals surface area contributed by atoms with Crippen LogP contribution in [0, 0.1) is 0 Å². The van der Waals surface area contributed by atoms with Crippen LogP contribution < -0.4 is 10.6 Å². The van der Waals surface area contributed by atoms with Crippen LogP contribution in [-0.4, -0.2) is 59.6 Å². The summed E-state index contributed by atoms with van der Waals surface area (Å²) in [6, 6.07) is 6.66. The second kappa shape index (κ2) is 13.1. The van der Waals surface area contributed by atoms with Gasteiger partial charge < -0.3 is 10.6 Å². The Morgan fingerprint density at radius 3 is 1.77 bits per heavy atom. The molecule has 1 aromatic carbocycles. The van der Waals surface area contributed by atoms with Gasteiger partial charge in [-0.3, -0.25) is 4.90 Å². The number of thiocarbonyl (C=S) groups is 3. The Morgan fingerprint density at radius 1 is 0.871 bits per heavy atom. The van der Waals surface area contributed by atoms with Gasteiger partial charge in [-0.1, -0.05) is 47.6 Å². The lowest BCUT2D eigenvalue weighted by Crippen LogP contribution is -2.39. The molecule has 1 rings (SSSR count). The minimum atomic E-state index is 0.0586. The third-order valence-electron chi connectivity index (χ3n) is 4.82. The van der Waals surface area contributed by atoms with Gasteiger partial charge in [-0.05, 0) is 70.7 Å². The number of nitrogens with one attached hydrogen (secondary N) is 2. The number of hydrogen-bond donors (Lipinski definition) is 2. The van der Waals surface area contributed by atoms with E-state index < -0.39 is 0 Å². The molecule has 170 valence electrons. The zero-order valence-corrected chi connectivity index (χ0v) is 22.0. The lowest BCUT2D eigenvalue weighted by Gasteiger charge is -2.26. The van der Waals surface area contributed by atoms with Crippen LogP contribution in [0.2, 0.25) is 0 Å². The first-order valence-electron chi connectivity index (χ1n) is 10.5. The van der Waals surface area contributed by atoms with E-state index in [0.29, 0.717) is 24.7 Å². The van der Waals surface area contributed by atoms with E-state index in [4.69, 9.17) is 12.2 Å². The summed E-state index contributed by atoms with van der Waals surface area (Å²) in [5.41, 5.74) is 3.70. The Morgan fingerprint density at radius 2 is 1.35 bits per heavy atom. The largest absolute Gasteiger partial charge is 0.361 e. The molecule has 0 heterocycles. The van der Waals surface area contributed by atoms with Crippen molar-refractivity contribution < 1.29 is 0 Å². The molecule has 5 nitrogen and oxygen atoms in total. The van der Waals surface area contributed by atoms with Crippen molar-refractivity contribution in [1.82, 2.24) is 10.2 Å². The molecule has 0 radical (unpaired) electrons. The van der Waals surface area contributed by atoms with Crippen molar-refractivity contribution >= 4 is 57.8 Å². The fourth-order valence-electron chi connectivity index (χ4n) is 2.88. The monoisotopic (exact) mass is 477 g/mol. The second-order valence-corrected chi connectivity index (χ2v) is 10.2. The zero-order valence-electron chi connectivity index (χ0n) is 19.5. The fraction of sp³-hybridized carbons (Fsp3) is 0.609. The molecule has 0 unspecified atom stereocenters. The minimum Gasteiger partial charge on any atom is -0.361 e. The molecular weight excluding hydrogens is 442 g/mol. The molecule has 0 aliphatic heterocycles. The van der Waals surface area contributed by atoms with Crippen molar-refractivity contribution in [3.63, 3.8) is 0 Å². The molecule has 0 aliphatic rings. The summed E-state index contributed by atoms with van der Waals surface area (Å²) in [4.78, 5) is 10.2. The van der Waals surface area contributed by atoms with E-state index in [-0.39, 0.29) is 10.8 Å². The topological polar surface area (TPSA) is 52.0 Å². The van der Waals surface area contributed by atoms with Crippen molar-refractivity contribution in [2.45, 2.75) is 52.4 Å². The molecule has 0 amide bonds. The molecule has 1 aromatic rings. The highest BCUT2D eigenvalue weighted by Crippen LogP contribution is 2.32. The molecule has 0 bridgehead atoms. The number of benzene rings is 1. The quantitative estimate of drug-likeness (QED) is 0.362. The number of aliphatic imine (C=N–C) groups is 2. The van der Waals surface area contributed by atoms with Crippen LogP contribution in [0.3, 0.4) is 0 Å². The van der Waals surface area contributed by atoms with Gasteiger partial charge in [0.1, 0.15) is 0 Å². The summed E-state index contributed by atoms with van der Waals surface area (Å²) in [5, 5.41) is 12.1. The molecule has 2 N–H and O–H groups in total. The number of isothiocyanates is 2. The standard InChI is InChI=1S/C23H35N5S3/c1-22(2,3)18-13-19(23(4,5)6)15-20(14-18)27-21(31)26-9-12-28(10-7-24-16-29)11-8-25-17-30/h13-15H,7-12H2,1-6H3,(H2,26,27,31). The second-order valence-electron chi connectivity index (χ2n) is 9.47. The molecule has 0 spiro atoms. The van der Waals surface area contributed by atoms with Crippen LogP contribution in [0.1, 0.15) is 52.7 Å². The Balaban J connectivity index is 2.75. The predicted octanol–water partition coefficient (Wildman–Crippen LogP) is 5.08. The average molecular weight is 478 g/mol. The van der Waals surface area contributed by atoms with Gasteiger partial charge in [0.15, 0.2) is 5.11 Å². The number of nitrogens with zero attached hydrogens (tertiary/aromatic N) is 3. The summed E-state index contributed by atoms with van der Waals surface area (Å²) in [6.07, 6.45) is 0. The molecule has 0 fully saturated rings. The normalized spacial score (nSPS) is 11.5. The lowest BCUT2D eigenvalue weighted by molar-refractivity contribution is 0.294. The number of anilines is 1. The highest BCUT2D eigenvalue weighted by Gasteiger charge is 2.20. The summed E-state index contributed by atoms with van der Waals surface area (Å²) >= 11 is 14.8. The van der Waals surface area contributed by atoms with E-state index in [1.165, 1.54) is 11.1 Å². The first-order valence-corrected chi connectivity index (χ1v) is 11.7. The number of hydrogen-bond acceptors (Lipinski definition) is 6. The van der Waals surface area contributed by atoms with Gasteiger partial charge >= 0.3 is 0 Å². The van der Waals surface area contributed by atoms with E-state index in [0.717, 1.165) is 25.3 Å². The molecule has 0 saturated heterocycles. The molecule has 8 heteroatoms. The van der Waals surface area contributed by atoms with Crippen LogP contribution in [-0.2, 0) is 10.8 Å². The Bertz CT molecular complexity index is 772. The van der Waals surface area contributed by atoms with Crippen molar-refractivity contribution in [3.05, 3.63) is 29.3 Å². The fourth-order valence-corrected chi connectivity index (χ4v) is 3.28. The summed E-state index contributed by atoms with van der Waals surface area (Å²) in [5.74, 6) is 0. The molecule has 0 saturated carbocycles. The number of rotatable bonds is 10. The average Bonchev–Trinajstić information content (AvgIpc) is 2.66. The summed E-state index contributed by atoms with van der Waals surface area (Å²) in [7, 11) is 0. The van der Waals surface area contributed by atoms with Crippen LogP contribution in [0.15, 0.2) is 28.2 Å². The van der Waals surface area contributed by atoms with Gasteiger partial charge in [0.2, 0.25) is 0 Å². The van der Waals surface area contributed by atoms with Gasteiger partial charge in [-0.2, -0.15) is 0 Å². The first-order chi connectivity index (χ1) is 14.5. The molecule has 0 aliphatic carbocycles. The van der Waals surface area contributed by atoms with E-state index in [2.05, 4.69) is 120 Å². The lowest BCUT2D eigenvalue weighted by atomic mass is 9.80. The van der Waals surface area contributed by atoms with Gasteiger partial charge in [-0.25, -0.2) is 9.98 Å². The van der Waals surface area contributed by atoms with E-state index in [1.54, 1.807) is 0 Å². The van der Waals surface area contributed by atoms with Gasteiger partial charge in [-0.15, -0.1) is 0 Å². The van der Waals surface area contributed by atoms with Crippen LogP contribution >= 0.6 is 36.7 Å². The SMILES string of the molecule is CC(C)(C)c1cc(NC(=S)NCCN(CCN=C=S)CCN=C=S)cc(C(C)(C)C)c1.